The Balaban J connectivity index is 1.85. The third kappa shape index (κ3) is 2.99. The molecule has 104 valence electrons. The molecule has 20 heavy (non-hydrogen) atoms. The van der Waals surface area contributed by atoms with E-state index in [4.69, 9.17) is 11.6 Å². The summed E-state index contributed by atoms with van der Waals surface area (Å²) >= 11 is 6.00. The maximum absolute atomic E-state index is 6.00. The van der Waals surface area contributed by atoms with Gasteiger partial charge < -0.3 is 10.2 Å². The standard InChI is InChI=1S/C14H16ClN5/c1-10-5-4-6-11(9-10)16-13-17-12(15)18-14(19-13)20-7-2-3-8-20/h4-6,9H,2-3,7-8H2,1H3,(H,16,17,18,19). The van der Waals surface area contributed by atoms with E-state index in [1.165, 1.54) is 18.4 Å². The summed E-state index contributed by atoms with van der Waals surface area (Å²) in [5.41, 5.74) is 2.12. The number of halogens is 1. The molecule has 3 rings (SSSR count). The molecule has 1 aromatic heterocycles. The van der Waals surface area contributed by atoms with Crippen LogP contribution in [0.3, 0.4) is 0 Å². The topological polar surface area (TPSA) is 53.9 Å². The summed E-state index contributed by atoms with van der Waals surface area (Å²) < 4.78 is 0. The van der Waals surface area contributed by atoms with Crippen molar-refractivity contribution in [2.24, 2.45) is 0 Å². The van der Waals surface area contributed by atoms with Crippen LogP contribution >= 0.6 is 11.6 Å². The predicted octanol–water partition coefficient (Wildman–Crippen LogP) is 3.18. The molecule has 0 aliphatic carbocycles. The van der Waals surface area contributed by atoms with Gasteiger partial charge in [0.2, 0.25) is 17.2 Å². The first kappa shape index (κ1) is 13.1. The number of aryl methyl sites for hydroxylation is 1. The Morgan fingerprint density at radius 3 is 2.70 bits per heavy atom. The van der Waals surface area contributed by atoms with Crippen LogP contribution in [-0.4, -0.2) is 28.0 Å². The summed E-state index contributed by atoms with van der Waals surface area (Å²) in [4.78, 5) is 14.9. The number of nitrogens with zero attached hydrogens (tertiary/aromatic N) is 4. The third-order valence-corrected chi connectivity index (χ3v) is 3.43. The van der Waals surface area contributed by atoms with Crippen LogP contribution in [0, 0.1) is 6.92 Å². The molecule has 0 unspecified atom stereocenters. The zero-order valence-corrected chi connectivity index (χ0v) is 12.1. The summed E-state index contributed by atoms with van der Waals surface area (Å²) in [6.07, 6.45) is 2.34. The van der Waals surface area contributed by atoms with E-state index in [2.05, 4.69) is 25.2 Å². The van der Waals surface area contributed by atoms with Gasteiger partial charge in [-0.25, -0.2) is 0 Å². The lowest BCUT2D eigenvalue weighted by Crippen LogP contribution is -2.21. The predicted molar refractivity (Wildman–Crippen MR) is 80.7 cm³/mol. The first-order valence-corrected chi connectivity index (χ1v) is 7.09. The zero-order chi connectivity index (χ0) is 13.9. The molecule has 1 aliphatic rings. The minimum atomic E-state index is 0.219. The Bertz CT molecular complexity index is 610. The van der Waals surface area contributed by atoms with Gasteiger partial charge in [-0.05, 0) is 49.1 Å². The molecule has 1 N–H and O–H groups in total. The molecular formula is C14H16ClN5. The summed E-state index contributed by atoms with van der Waals surface area (Å²) in [7, 11) is 0. The molecular weight excluding hydrogens is 274 g/mol. The van der Waals surface area contributed by atoms with Crippen LogP contribution in [0.1, 0.15) is 18.4 Å². The number of hydrogen-bond acceptors (Lipinski definition) is 5. The number of rotatable bonds is 3. The maximum Gasteiger partial charge on any atom is 0.233 e. The fraction of sp³-hybridized carbons (Fsp3) is 0.357. The van der Waals surface area contributed by atoms with E-state index in [1.54, 1.807) is 0 Å². The molecule has 2 aromatic rings. The molecule has 2 heterocycles. The largest absolute Gasteiger partial charge is 0.341 e. The van der Waals surface area contributed by atoms with Crippen molar-refractivity contribution in [1.82, 2.24) is 15.0 Å². The van der Waals surface area contributed by atoms with Crippen LogP contribution in [-0.2, 0) is 0 Å². The zero-order valence-electron chi connectivity index (χ0n) is 11.3. The van der Waals surface area contributed by atoms with Gasteiger partial charge in [-0.1, -0.05) is 12.1 Å². The van der Waals surface area contributed by atoms with Gasteiger partial charge >= 0.3 is 0 Å². The second kappa shape index (κ2) is 5.63. The highest BCUT2D eigenvalue weighted by molar-refractivity contribution is 6.28. The van der Waals surface area contributed by atoms with Gasteiger partial charge in [-0.2, -0.15) is 15.0 Å². The number of hydrogen-bond donors (Lipinski definition) is 1. The second-order valence-electron chi connectivity index (χ2n) is 4.92. The summed E-state index contributed by atoms with van der Waals surface area (Å²) in [5.74, 6) is 1.13. The fourth-order valence-corrected chi connectivity index (χ4v) is 2.46. The van der Waals surface area contributed by atoms with Crippen molar-refractivity contribution < 1.29 is 0 Å². The lowest BCUT2D eigenvalue weighted by Gasteiger charge is -2.15. The van der Waals surface area contributed by atoms with E-state index in [1.807, 2.05) is 31.2 Å². The number of anilines is 3. The van der Waals surface area contributed by atoms with Gasteiger partial charge in [0.25, 0.3) is 0 Å². The summed E-state index contributed by atoms with van der Waals surface area (Å²) in [6.45, 7) is 4.00. The van der Waals surface area contributed by atoms with Crippen LogP contribution in [0.15, 0.2) is 24.3 Å². The summed E-state index contributed by atoms with van der Waals surface area (Å²) in [5, 5.41) is 3.40. The van der Waals surface area contributed by atoms with Crippen LogP contribution in [0.2, 0.25) is 5.28 Å². The number of nitrogens with one attached hydrogen (secondary N) is 1. The minimum absolute atomic E-state index is 0.219. The average molecular weight is 290 g/mol. The first-order chi connectivity index (χ1) is 9.70. The van der Waals surface area contributed by atoms with Crippen molar-refractivity contribution in [2.45, 2.75) is 19.8 Å². The molecule has 1 fully saturated rings. The van der Waals surface area contributed by atoms with Gasteiger partial charge in [0.05, 0.1) is 0 Å². The smallest absolute Gasteiger partial charge is 0.233 e. The van der Waals surface area contributed by atoms with Gasteiger partial charge in [0, 0.05) is 18.8 Å². The highest BCUT2D eigenvalue weighted by Gasteiger charge is 2.16. The molecule has 0 atom stereocenters. The molecule has 6 heteroatoms. The van der Waals surface area contributed by atoms with Crippen molar-refractivity contribution in [3.05, 3.63) is 35.1 Å². The molecule has 1 aliphatic heterocycles. The van der Waals surface area contributed by atoms with Gasteiger partial charge in [0.15, 0.2) is 0 Å². The highest BCUT2D eigenvalue weighted by atomic mass is 35.5. The van der Waals surface area contributed by atoms with Crippen LogP contribution in [0.5, 0.6) is 0 Å². The lowest BCUT2D eigenvalue weighted by atomic mass is 10.2. The molecule has 0 spiro atoms. The van der Waals surface area contributed by atoms with Crippen molar-refractivity contribution >= 4 is 29.2 Å². The Morgan fingerprint density at radius 2 is 1.95 bits per heavy atom. The normalized spacial score (nSPS) is 14.6. The fourth-order valence-electron chi connectivity index (χ4n) is 2.31. The van der Waals surface area contributed by atoms with E-state index in [0.717, 1.165) is 18.8 Å². The molecule has 1 saturated heterocycles. The van der Waals surface area contributed by atoms with Crippen LogP contribution < -0.4 is 10.2 Å². The van der Waals surface area contributed by atoms with Gasteiger partial charge in [-0.15, -0.1) is 0 Å². The van der Waals surface area contributed by atoms with E-state index < -0.39 is 0 Å². The van der Waals surface area contributed by atoms with Crippen molar-refractivity contribution in [1.29, 1.82) is 0 Å². The molecule has 0 amide bonds. The minimum Gasteiger partial charge on any atom is -0.341 e. The van der Waals surface area contributed by atoms with Crippen molar-refractivity contribution in [2.75, 3.05) is 23.3 Å². The monoisotopic (exact) mass is 289 g/mol. The van der Waals surface area contributed by atoms with Gasteiger partial charge in [-0.3, -0.25) is 0 Å². The summed E-state index contributed by atoms with van der Waals surface area (Å²) in [6, 6.07) is 8.04. The quantitative estimate of drug-likeness (QED) is 0.940. The Morgan fingerprint density at radius 1 is 1.15 bits per heavy atom. The maximum atomic E-state index is 6.00. The first-order valence-electron chi connectivity index (χ1n) is 6.71. The SMILES string of the molecule is Cc1cccc(Nc2nc(Cl)nc(N3CCCC3)n2)c1. The molecule has 5 nitrogen and oxygen atoms in total. The molecule has 0 saturated carbocycles. The Hall–Kier alpha value is -1.88. The van der Waals surface area contributed by atoms with E-state index in [9.17, 15) is 0 Å². The molecule has 0 radical (unpaired) electrons. The Labute approximate surface area is 123 Å². The number of aromatic nitrogens is 3. The Kier molecular flexibility index (Phi) is 3.69. The average Bonchev–Trinajstić information content (AvgIpc) is 2.91. The van der Waals surface area contributed by atoms with E-state index in [-0.39, 0.29) is 5.28 Å². The van der Waals surface area contributed by atoms with Crippen LogP contribution in [0.25, 0.3) is 0 Å². The van der Waals surface area contributed by atoms with Crippen molar-refractivity contribution in [3.8, 4) is 0 Å². The van der Waals surface area contributed by atoms with Crippen molar-refractivity contribution in [3.63, 3.8) is 0 Å². The van der Waals surface area contributed by atoms with Gasteiger partial charge in [0.1, 0.15) is 0 Å². The number of benzene rings is 1. The highest BCUT2D eigenvalue weighted by Crippen LogP contribution is 2.21. The van der Waals surface area contributed by atoms with E-state index in [0.29, 0.717) is 11.9 Å². The molecule has 0 bridgehead atoms. The second-order valence-corrected chi connectivity index (χ2v) is 5.25. The van der Waals surface area contributed by atoms with Crippen LogP contribution in [0.4, 0.5) is 17.6 Å². The lowest BCUT2D eigenvalue weighted by molar-refractivity contribution is 0.883. The third-order valence-electron chi connectivity index (χ3n) is 3.26. The molecule has 1 aromatic carbocycles. The van der Waals surface area contributed by atoms with E-state index >= 15 is 0 Å².